The summed E-state index contributed by atoms with van der Waals surface area (Å²) in [5.41, 5.74) is 1.06. The lowest BCUT2D eigenvalue weighted by Gasteiger charge is -2.52. The molecule has 1 N–H and O–H groups in total. The molecular formula is C27H31NO6. The molecule has 0 radical (unpaired) electrons. The second kappa shape index (κ2) is 9.22. The van der Waals surface area contributed by atoms with Gasteiger partial charge in [0.15, 0.2) is 23.0 Å². The Labute approximate surface area is 199 Å². The smallest absolute Gasteiger partial charge is 0.247 e. The number of fused-ring (bicyclic) bond motifs is 2. The van der Waals surface area contributed by atoms with Crippen LogP contribution in [-0.2, 0) is 4.79 Å². The number of piperidine rings is 1. The molecule has 2 heterocycles. The Bertz CT molecular complexity index is 1100. The topological polar surface area (TPSA) is 77.5 Å². The summed E-state index contributed by atoms with van der Waals surface area (Å²) in [5, 5.41) is 11.5. The Kier molecular flexibility index (Phi) is 6.13. The van der Waals surface area contributed by atoms with Crippen LogP contribution in [0.5, 0.6) is 23.0 Å². The number of methoxy groups -OCH3 is 2. The van der Waals surface area contributed by atoms with Crippen molar-refractivity contribution in [2.75, 3.05) is 27.6 Å². The zero-order valence-electron chi connectivity index (χ0n) is 19.7. The van der Waals surface area contributed by atoms with E-state index in [1.54, 1.807) is 26.4 Å². The lowest BCUT2D eigenvalue weighted by Crippen LogP contribution is -2.56. The molecule has 7 heteroatoms. The van der Waals surface area contributed by atoms with Crippen molar-refractivity contribution in [3.8, 4) is 23.0 Å². The first kappa shape index (κ1) is 22.6. The predicted molar refractivity (Wildman–Crippen MR) is 127 cm³/mol. The third kappa shape index (κ3) is 4.09. The number of carbonyl (C=O) groups excluding carboxylic acids is 1. The first-order valence-corrected chi connectivity index (χ1v) is 11.8. The van der Waals surface area contributed by atoms with Crippen LogP contribution in [0, 0.1) is 5.92 Å². The van der Waals surface area contributed by atoms with Gasteiger partial charge in [0.05, 0.1) is 25.9 Å². The molecule has 2 fully saturated rings. The normalized spacial score (nSPS) is 25.8. The van der Waals surface area contributed by atoms with Crippen LogP contribution in [0.25, 0.3) is 6.08 Å². The summed E-state index contributed by atoms with van der Waals surface area (Å²) < 4.78 is 21.8. The molecule has 1 saturated heterocycles. The van der Waals surface area contributed by atoms with E-state index >= 15 is 0 Å². The summed E-state index contributed by atoms with van der Waals surface area (Å²) in [6, 6.07) is 11.2. The van der Waals surface area contributed by atoms with E-state index < -0.39 is 5.60 Å². The molecule has 1 aliphatic carbocycles. The van der Waals surface area contributed by atoms with Crippen LogP contribution in [0.3, 0.4) is 0 Å². The van der Waals surface area contributed by atoms with Crippen molar-refractivity contribution >= 4 is 12.0 Å². The van der Waals surface area contributed by atoms with Gasteiger partial charge >= 0.3 is 0 Å². The third-order valence-corrected chi connectivity index (χ3v) is 7.41. The van der Waals surface area contributed by atoms with Crippen LogP contribution in [-0.4, -0.2) is 49.1 Å². The van der Waals surface area contributed by atoms with E-state index in [2.05, 4.69) is 0 Å². The fourth-order valence-corrected chi connectivity index (χ4v) is 5.66. The molecule has 0 aromatic heterocycles. The quantitative estimate of drug-likeness (QED) is 0.662. The number of rotatable bonds is 5. The van der Waals surface area contributed by atoms with E-state index in [0.717, 1.165) is 36.8 Å². The highest BCUT2D eigenvalue weighted by atomic mass is 16.7. The first-order chi connectivity index (χ1) is 16.5. The average molecular weight is 466 g/mol. The van der Waals surface area contributed by atoms with Gasteiger partial charge < -0.3 is 29.0 Å². The summed E-state index contributed by atoms with van der Waals surface area (Å²) in [7, 11) is 3.21. The standard InChI is InChI=1S/C27H31NO6/c1-31-21-10-8-19(16-23(21)32-2)26-20-5-3-4-12-27(20,30)13-14-28(26)25(29)11-7-18-6-9-22-24(15-18)34-17-33-22/h6-11,15-16,20,26,30H,3-5,12-14,17H2,1-2H3/b11-7+/t20?,26-,27?/m0/s1. The monoisotopic (exact) mass is 465 g/mol. The van der Waals surface area contributed by atoms with E-state index in [0.29, 0.717) is 36.0 Å². The van der Waals surface area contributed by atoms with E-state index in [1.807, 2.05) is 41.3 Å². The summed E-state index contributed by atoms with van der Waals surface area (Å²) >= 11 is 0. The maximum absolute atomic E-state index is 13.5. The van der Waals surface area contributed by atoms with Crippen LogP contribution in [0.15, 0.2) is 42.5 Å². The van der Waals surface area contributed by atoms with Crippen LogP contribution < -0.4 is 18.9 Å². The second-order valence-electron chi connectivity index (χ2n) is 9.24. The molecule has 1 saturated carbocycles. The zero-order chi connectivity index (χ0) is 23.7. The van der Waals surface area contributed by atoms with Crippen LogP contribution in [0.1, 0.15) is 49.3 Å². The molecule has 0 bridgehead atoms. The number of ether oxygens (including phenoxy) is 4. The lowest BCUT2D eigenvalue weighted by atomic mass is 9.66. The fraction of sp³-hybridized carbons (Fsp3) is 0.444. The van der Waals surface area contributed by atoms with Crippen molar-refractivity contribution in [1.29, 1.82) is 0 Å². The SMILES string of the molecule is COc1ccc([C@H]2C3CCCCC3(O)CCN2C(=O)/C=C/c2ccc3c(c2)OCO3)cc1OC. The van der Waals surface area contributed by atoms with E-state index in [9.17, 15) is 9.90 Å². The molecule has 7 nitrogen and oxygen atoms in total. The zero-order valence-corrected chi connectivity index (χ0v) is 19.7. The predicted octanol–water partition coefficient (Wildman–Crippen LogP) is 4.34. The van der Waals surface area contributed by atoms with Gasteiger partial charge in [0.25, 0.3) is 0 Å². The Hall–Kier alpha value is -3.19. The number of amides is 1. The molecule has 3 atom stereocenters. The van der Waals surface area contributed by atoms with Crippen molar-refractivity contribution in [1.82, 2.24) is 4.90 Å². The molecule has 34 heavy (non-hydrogen) atoms. The van der Waals surface area contributed by atoms with E-state index in [4.69, 9.17) is 18.9 Å². The van der Waals surface area contributed by atoms with Crippen LogP contribution >= 0.6 is 0 Å². The van der Waals surface area contributed by atoms with E-state index in [-0.39, 0.29) is 24.7 Å². The van der Waals surface area contributed by atoms with Gasteiger partial charge in [-0.05, 0) is 60.7 Å². The van der Waals surface area contributed by atoms with E-state index in [1.165, 1.54) is 0 Å². The number of carbonyl (C=O) groups is 1. The minimum atomic E-state index is -0.756. The number of likely N-dealkylation sites (tertiary alicyclic amines) is 1. The molecule has 1 amide bonds. The van der Waals surface area contributed by atoms with Crippen molar-refractivity contribution in [3.05, 3.63) is 53.6 Å². The maximum Gasteiger partial charge on any atom is 0.247 e. The number of hydrogen-bond donors (Lipinski definition) is 1. The molecule has 3 aliphatic rings. The largest absolute Gasteiger partial charge is 0.493 e. The van der Waals surface area contributed by atoms with Gasteiger partial charge in [-0.1, -0.05) is 25.0 Å². The lowest BCUT2D eigenvalue weighted by molar-refractivity contribution is -0.150. The van der Waals surface area contributed by atoms with Gasteiger partial charge in [-0.2, -0.15) is 0 Å². The van der Waals surface area contributed by atoms with Crippen molar-refractivity contribution < 1.29 is 28.8 Å². The summed E-state index contributed by atoms with van der Waals surface area (Å²) in [6.07, 6.45) is 7.72. The Balaban J connectivity index is 1.46. The van der Waals surface area contributed by atoms with Crippen molar-refractivity contribution in [2.24, 2.45) is 5.92 Å². The Morgan fingerprint density at radius 2 is 1.88 bits per heavy atom. The Morgan fingerprint density at radius 1 is 1.06 bits per heavy atom. The Morgan fingerprint density at radius 3 is 2.71 bits per heavy atom. The molecule has 2 aliphatic heterocycles. The summed E-state index contributed by atoms with van der Waals surface area (Å²) in [6.45, 7) is 0.711. The van der Waals surface area contributed by atoms with Crippen LogP contribution in [0.2, 0.25) is 0 Å². The van der Waals surface area contributed by atoms with Gasteiger partial charge in [-0.15, -0.1) is 0 Å². The van der Waals surface area contributed by atoms with Gasteiger partial charge in [0.2, 0.25) is 12.7 Å². The molecular weight excluding hydrogens is 434 g/mol. The van der Waals surface area contributed by atoms with Gasteiger partial charge in [0.1, 0.15) is 0 Å². The number of nitrogens with zero attached hydrogens (tertiary/aromatic N) is 1. The number of benzene rings is 2. The van der Waals surface area contributed by atoms with Gasteiger partial charge in [-0.25, -0.2) is 0 Å². The first-order valence-electron chi connectivity index (χ1n) is 11.8. The minimum Gasteiger partial charge on any atom is -0.493 e. The molecule has 2 aromatic rings. The highest BCUT2D eigenvalue weighted by Gasteiger charge is 2.50. The highest BCUT2D eigenvalue weighted by Crippen LogP contribution is 2.50. The fourth-order valence-electron chi connectivity index (χ4n) is 5.66. The minimum absolute atomic E-state index is 0.0315. The second-order valence-corrected chi connectivity index (χ2v) is 9.24. The summed E-state index contributed by atoms with van der Waals surface area (Å²) in [4.78, 5) is 15.4. The molecule has 2 aromatic carbocycles. The van der Waals surface area contributed by atoms with Gasteiger partial charge in [-0.3, -0.25) is 4.79 Å². The number of hydrogen-bond acceptors (Lipinski definition) is 6. The van der Waals surface area contributed by atoms with Gasteiger partial charge in [0, 0.05) is 18.5 Å². The van der Waals surface area contributed by atoms with Crippen molar-refractivity contribution in [2.45, 2.75) is 43.7 Å². The molecule has 180 valence electrons. The average Bonchev–Trinajstić information content (AvgIpc) is 3.34. The molecule has 5 rings (SSSR count). The van der Waals surface area contributed by atoms with Crippen molar-refractivity contribution in [3.63, 3.8) is 0 Å². The molecule has 0 spiro atoms. The maximum atomic E-state index is 13.5. The molecule has 2 unspecified atom stereocenters. The highest BCUT2D eigenvalue weighted by molar-refractivity contribution is 5.92. The third-order valence-electron chi connectivity index (χ3n) is 7.41. The number of aliphatic hydroxyl groups is 1. The van der Waals surface area contributed by atoms with Crippen LogP contribution in [0.4, 0.5) is 0 Å². The summed E-state index contributed by atoms with van der Waals surface area (Å²) in [5.74, 6) is 2.54.